The minimum Gasteiger partial charge on any atom is -0.446 e. The maximum absolute atomic E-state index is 5.60. The van der Waals surface area contributed by atoms with Crippen molar-refractivity contribution in [3.63, 3.8) is 0 Å². The molecule has 0 amide bonds. The van der Waals surface area contributed by atoms with Crippen LogP contribution in [0.4, 0.5) is 0 Å². The average molecular weight is 224 g/mol. The van der Waals surface area contributed by atoms with E-state index in [1.807, 2.05) is 38.1 Å². The highest BCUT2D eigenvalue weighted by molar-refractivity contribution is 5.41. The molecule has 0 aromatic heterocycles. The number of hydrogen-bond acceptors (Lipinski definition) is 4. The van der Waals surface area contributed by atoms with Gasteiger partial charge in [-0.25, -0.2) is 0 Å². The quantitative estimate of drug-likeness (QED) is 0.718. The number of fused-ring (bicyclic) bond motifs is 1. The molecule has 2 rings (SSSR count). The zero-order chi connectivity index (χ0) is 11.4. The van der Waals surface area contributed by atoms with E-state index in [9.17, 15) is 0 Å². The lowest BCUT2D eigenvalue weighted by Crippen LogP contribution is -2.38. The van der Waals surface area contributed by atoms with E-state index in [0.717, 1.165) is 11.5 Å². The minimum atomic E-state index is -0.516. The van der Waals surface area contributed by atoms with Gasteiger partial charge in [0.15, 0.2) is 11.5 Å². The number of para-hydroxylation sites is 2. The predicted molar refractivity (Wildman–Crippen MR) is 58.5 cm³/mol. The zero-order valence-electron chi connectivity index (χ0n) is 9.51. The summed E-state index contributed by atoms with van der Waals surface area (Å²) in [4.78, 5) is 0. The van der Waals surface area contributed by atoms with E-state index in [-0.39, 0.29) is 0 Å². The highest BCUT2D eigenvalue weighted by atomic mass is 16.8. The molecule has 4 nitrogen and oxygen atoms in total. The van der Waals surface area contributed by atoms with Gasteiger partial charge in [-0.2, -0.15) is 0 Å². The van der Waals surface area contributed by atoms with Crippen molar-refractivity contribution in [2.24, 2.45) is 0 Å². The maximum atomic E-state index is 5.60. The molecule has 0 fully saturated rings. The fraction of sp³-hybridized carbons (Fsp3) is 0.500. The largest absolute Gasteiger partial charge is 0.446 e. The molecule has 1 aliphatic rings. The molecular weight excluding hydrogens is 208 g/mol. The highest BCUT2D eigenvalue weighted by Gasteiger charge is 2.32. The molecule has 0 spiro atoms. The monoisotopic (exact) mass is 224 g/mol. The lowest BCUT2D eigenvalue weighted by molar-refractivity contribution is -0.221. The normalized spacial score (nSPS) is 14.7. The van der Waals surface area contributed by atoms with Crippen LogP contribution in [0.1, 0.15) is 13.8 Å². The van der Waals surface area contributed by atoms with Crippen LogP contribution in [0.5, 0.6) is 11.5 Å². The molecule has 0 saturated carbocycles. The second-order valence-electron chi connectivity index (χ2n) is 3.33. The molecule has 1 heterocycles. The molecule has 1 aromatic carbocycles. The van der Waals surface area contributed by atoms with Crippen LogP contribution in [0.25, 0.3) is 0 Å². The second kappa shape index (κ2) is 5.18. The van der Waals surface area contributed by atoms with Crippen molar-refractivity contribution in [2.75, 3.05) is 13.2 Å². The van der Waals surface area contributed by atoms with Gasteiger partial charge in [0.1, 0.15) is 0 Å². The Morgan fingerprint density at radius 1 is 1.06 bits per heavy atom. The molecular formula is C12H16O4. The molecule has 0 N–H and O–H groups in total. The summed E-state index contributed by atoms with van der Waals surface area (Å²) in [5.74, 6) is 1.47. The Kier molecular flexibility index (Phi) is 3.64. The molecule has 0 radical (unpaired) electrons. The van der Waals surface area contributed by atoms with Crippen molar-refractivity contribution in [1.29, 1.82) is 0 Å². The van der Waals surface area contributed by atoms with Crippen LogP contribution in [0, 0.1) is 0 Å². The molecule has 0 aliphatic carbocycles. The summed E-state index contributed by atoms with van der Waals surface area (Å²) < 4.78 is 22.1. The summed E-state index contributed by atoms with van der Waals surface area (Å²) >= 11 is 0. The third kappa shape index (κ3) is 2.28. The first-order valence-electron chi connectivity index (χ1n) is 5.50. The van der Waals surface area contributed by atoms with Gasteiger partial charge in [-0.05, 0) is 26.0 Å². The first kappa shape index (κ1) is 11.2. The highest BCUT2D eigenvalue weighted by Crippen LogP contribution is 2.35. The van der Waals surface area contributed by atoms with Crippen molar-refractivity contribution in [3.05, 3.63) is 24.3 Å². The molecule has 88 valence electrons. The fourth-order valence-electron chi connectivity index (χ4n) is 1.56. The van der Waals surface area contributed by atoms with Gasteiger partial charge in [0.25, 0.3) is 6.29 Å². The van der Waals surface area contributed by atoms with Crippen molar-refractivity contribution in [1.82, 2.24) is 0 Å². The van der Waals surface area contributed by atoms with Gasteiger partial charge in [-0.15, -0.1) is 0 Å². The van der Waals surface area contributed by atoms with Gasteiger partial charge in [-0.3, -0.25) is 0 Å². The standard InChI is InChI=1S/C12H16O4/c1-3-13-11(14-4-2)12-15-9-7-5-6-8-10(9)16-12/h5-8,11-12H,3-4H2,1-2H3. The third-order valence-electron chi connectivity index (χ3n) is 2.22. The topological polar surface area (TPSA) is 36.9 Å². The Labute approximate surface area is 95.1 Å². The summed E-state index contributed by atoms with van der Waals surface area (Å²) in [6, 6.07) is 7.54. The molecule has 1 aromatic rings. The second-order valence-corrected chi connectivity index (χ2v) is 3.33. The number of rotatable bonds is 5. The van der Waals surface area contributed by atoms with E-state index >= 15 is 0 Å². The average Bonchev–Trinajstić information content (AvgIpc) is 2.72. The smallest absolute Gasteiger partial charge is 0.292 e. The summed E-state index contributed by atoms with van der Waals surface area (Å²) in [5, 5.41) is 0. The van der Waals surface area contributed by atoms with Gasteiger partial charge in [0.2, 0.25) is 6.29 Å². The Morgan fingerprint density at radius 3 is 2.00 bits per heavy atom. The fourth-order valence-corrected chi connectivity index (χ4v) is 1.56. The minimum absolute atomic E-state index is 0.484. The first-order chi connectivity index (χ1) is 7.85. The molecule has 0 bridgehead atoms. The Balaban J connectivity index is 2.02. The van der Waals surface area contributed by atoms with Gasteiger partial charge < -0.3 is 18.9 Å². The Morgan fingerprint density at radius 2 is 1.56 bits per heavy atom. The zero-order valence-corrected chi connectivity index (χ0v) is 9.51. The molecule has 16 heavy (non-hydrogen) atoms. The van der Waals surface area contributed by atoms with Crippen LogP contribution < -0.4 is 9.47 Å². The van der Waals surface area contributed by atoms with Crippen molar-refractivity contribution < 1.29 is 18.9 Å². The predicted octanol–water partition coefficient (Wildman–Crippen LogP) is 2.18. The maximum Gasteiger partial charge on any atom is 0.292 e. The summed E-state index contributed by atoms with van der Waals surface area (Å²) in [7, 11) is 0. The van der Waals surface area contributed by atoms with E-state index in [2.05, 4.69) is 0 Å². The summed E-state index contributed by atoms with van der Waals surface area (Å²) in [6.45, 7) is 4.94. The van der Waals surface area contributed by atoms with Gasteiger partial charge >= 0.3 is 0 Å². The molecule has 1 aliphatic heterocycles. The Bertz CT molecular complexity index is 309. The molecule has 0 unspecified atom stereocenters. The summed E-state index contributed by atoms with van der Waals surface area (Å²) in [6.07, 6.45) is -1.00. The number of hydrogen-bond donors (Lipinski definition) is 0. The van der Waals surface area contributed by atoms with E-state index in [1.165, 1.54) is 0 Å². The Hall–Kier alpha value is -1.26. The van der Waals surface area contributed by atoms with E-state index in [4.69, 9.17) is 18.9 Å². The van der Waals surface area contributed by atoms with Gasteiger partial charge in [-0.1, -0.05) is 12.1 Å². The SMILES string of the molecule is CCOC(OCC)C1Oc2ccccc2O1. The first-order valence-corrected chi connectivity index (χ1v) is 5.50. The van der Waals surface area contributed by atoms with E-state index in [0.29, 0.717) is 13.2 Å². The number of ether oxygens (including phenoxy) is 4. The van der Waals surface area contributed by atoms with Crippen LogP contribution >= 0.6 is 0 Å². The van der Waals surface area contributed by atoms with Crippen molar-refractivity contribution >= 4 is 0 Å². The van der Waals surface area contributed by atoms with Gasteiger partial charge in [0, 0.05) is 13.2 Å². The third-order valence-corrected chi connectivity index (χ3v) is 2.22. The van der Waals surface area contributed by atoms with Crippen molar-refractivity contribution in [3.8, 4) is 11.5 Å². The van der Waals surface area contributed by atoms with Crippen LogP contribution in [-0.2, 0) is 9.47 Å². The van der Waals surface area contributed by atoms with Crippen LogP contribution in [0.3, 0.4) is 0 Å². The molecule has 0 saturated heterocycles. The molecule has 0 atom stereocenters. The van der Waals surface area contributed by atoms with Gasteiger partial charge in [0.05, 0.1) is 0 Å². The lowest BCUT2D eigenvalue weighted by Gasteiger charge is -2.21. The van der Waals surface area contributed by atoms with Crippen LogP contribution in [-0.4, -0.2) is 25.8 Å². The van der Waals surface area contributed by atoms with E-state index in [1.54, 1.807) is 0 Å². The van der Waals surface area contributed by atoms with Crippen LogP contribution in [0.2, 0.25) is 0 Å². The van der Waals surface area contributed by atoms with Crippen LogP contribution in [0.15, 0.2) is 24.3 Å². The van der Waals surface area contributed by atoms with E-state index < -0.39 is 12.6 Å². The number of benzene rings is 1. The van der Waals surface area contributed by atoms with Crippen molar-refractivity contribution in [2.45, 2.75) is 26.4 Å². The lowest BCUT2D eigenvalue weighted by atomic mass is 10.3. The summed E-state index contributed by atoms with van der Waals surface area (Å²) in [5.41, 5.74) is 0. The molecule has 4 heteroatoms.